The van der Waals surface area contributed by atoms with Crippen molar-refractivity contribution < 1.29 is 17.6 Å². The van der Waals surface area contributed by atoms with Crippen molar-refractivity contribution in [3.05, 3.63) is 34.1 Å². The maximum atomic E-state index is 14.5. The molecule has 1 aliphatic rings. The highest BCUT2D eigenvalue weighted by Crippen LogP contribution is 2.37. The number of nitrogens with zero attached hydrogens (tertiary/aromatic N) is 1. The lowest BCUT2D eigenvalue weighted by Gasteiger charge is -2.36. The van der Waals surface area contributed by atoms with Crippen LogP contribution in [0.2, 0.25) is 5.02 Å². The largest absolute Gasteiger partial charge is 0.389 e. The maximum absolute atomic E-state index is 14.5. The average Bonchev–Trinajstić information content (AvgIpc) is 2.46. The molecule has 0 aliphatic carbocycles. The van der Waals surface area contributed by atoms with Crippen molar-refractivity contribution in [1.29, 1.82) is 0 Å². The Morgan fingerprint density at radius 1 is 1.27 bits per heavy atom. The van der Waals surface area contributed by atoms with Crippen molar-refractivity contribution in [1.82, 2.24) is 10.2 Å². The van der Waals surface area contributed by atoms with Gasteiger partial charge in [-0.05, 0) is 25.0 Å². The van der Waals surface area contributed by atoms with E-state index in [1.54, 1.807) is 19.1 Å². The molecule has 1 aromatic carbocycles. The summed E-state index contributed by atoms with van der Waals surface area (Å²) in [4.78, 5) is 1.88. The van der Waals surface area contributed by atoms with Crippen molar-refractivity contribution >= 4 is 11.6 Å². The average molecular weight is 339 g/mol. The molecule has 1 atom stereocenters. The van der Waals surface area contributed by atoms with Crippen LogP contribution < -0.4 is 5.32 Å². The van der Waals surface area contributed by atoms with Gasteiger partial charge in [-0.3, -0.25) is 4.90 Å². The highest BCUT2D eigenvalue weighted by Gasteiger charge is 2.33. The zero-order chi connectivity index (χ0) is 16.3. The van der Waals surface area contributed by atoms with Gasteiger partial charge in [-0.25, -0.2) is 4.39 Å². The third-order valence-electron chi connectivity index (χ3n) is 3.95. The number of piperazine rings is 1. The first-order chi connectivity index (χ1) is 10.3. The van der Waals surface area contributed by atoms with Crippen molar-refractivity contribution in [2.75, 3.05) is 26.2 Å². The lowest BCUT2D eigenvalue weighted by Crippen LogP contribution is -2.45. The standard InChI is InChI=1S/C15H19ClF4N2/c1-10-2-3-11(16)13(14(10)17)12(4-5-15(18,19)20)22-8-6-21-7-9-22/h2-3,12,21H,4-9H2,1H3/t12-/m0/s1. The topological polar surface area (TPSA) is 15.3 Å². The van der Waals surface area contributed by atoms with Crippen molar-refractivity contribution in [3.63, 3.8) is 0 Å². The zero-order valence-corrected chi connectivity index (χ0v) is 13.1. The number of aryl methyl sites for hydroxylation is 1. The summed E-state index contributed by atoms with van der Waals surface area (Å²) >= 11 is 6.10. The molecular formula is C15H19ClF4N2. The fraction of sp³-hybridized carbons (Fsp3) is 0.600. The van der Waals surface area contributed by atoms with Crippen molar-refractivity contribution in [3.8, 4) is 0 Å². The van der Waals surface area contributed by atoms with Gasteiger partial charge < -0.3 is 5.32 Å². The Kier molecular flexibility index (Phi) is 5.69. The zero-order valence-electron chi connectivity index (χ0n) is 12.3. The Balaban J connectivity index is 2.32. The van der Waals surface area contributed by atoms with Crippen molar-refractivity contribution in [2.45, 2.75) is 32.0 Å². The van der Waals surface area contributed by atoms with Crippen LogP contribution in [0.25, 0.3) is 0 Å². The Labute approximate surface area is 132 Å². The molecule has 7 heteroatoms. The fourth-order valence-corrected chi connectivity index (χ4v) is 3.06. The monoisotopic (exact) mass is 338 g/mol. The molecule has 1 aliphatic heterocycles. The lowest BCUT2D eigenvalue weighted by molar-refractivity contribution is -0.138. The molecule has 0 saturated carbocycles. The molecule has 2 rings (SSSR count). The van der Waals surface area contributed by atoms with Crippen LogP contribution >= 0.6 is 11.6 Å². The van der Waals surface area contributed by atoms with Crippen LogP contribution in [0, 0.1) is 12.7 Å². The van der Waals surface area contributed by atoms with E-state index in [0.29, 0.717) is 31.7 Å². The molecule has 22 heavy (non-hydrogen) atoms. The first kappa shape index (κ1) is 17.5. The number of nitrogens with one attached hydrogen (secondary N) is 1. The van der Waals surface area contributed by atoms with Gasteiger partial charge in [0, 0.05) is 49.2 Å². The van der Waals surface area contributed by atoms with E-state index in [2.05, 4.69) is 5.32 Å². The van der Waals surface area contributed by atoms with Gasteiger partial charge in [-0.1, -0.05) is 17.7 Å². The van der Waals surface area contributed by atoms with Crippen LogP contribution in [0.3, 0.4) is 0 Å². The second-order valence-electron chi connectivity index (χ2n) is 5.55. The molecule has 1 heterocycles. The minimum Gasteiger partial charge on any atom is -0.314 e. The molecule has 124 valence electrons. The van der Waals surface area contributed by atoms with Crippen LogP contribution in [0.1, 0.15) is 30.0 Å². The Morgan fingerprint density at radius 2 is 1.91 bits per heavy atom. The number of rotatable bonds is 4. The molecule has 1 saturated heterocycles. The van der Waals surface area contributed by atoms with Gasteiger partial charge >= 0.3 is 6.18 Å². The third-order valence-corrected chi connectivity index (χ3v) is 4.28. The maximum Gasteiger partial charge on any atom is 0.389 e. The van der Waals surface area contributed by atoms with E-state index in [9.17, 15) is 17.6 Å². The number of benzene rings is 1. The fourth-order valence-electron chi connectivity index (χ4n) is 2.79. The summed E-state index contributed by atoms with van der Waals surface area (Å²) < 4.78 is 52.3. The second kappa shape index (κ2) is 7.15. The molecule has 0 amide bonds. The number of halogens is 5. The van der Waals surface area contributed by atoms with Crippen LogP contribution in [0.15, 0.2) is 12.1 Å². The van der Waals surface area contributed by atoms with E-state index in [1.807, 2.05) is 4.90 Å². The molecule has 0 unspecified atom stereocenters. The quantitative estimate of drug-likeness (QED) is 0.832. The van der Waals surface area contributed by atoms with E-state index in [0.717, 1.165) is 0 Å². The molecular weight excluding hydrogens is 320 g/mol. The molecule has 0 bridgehead atoms. The first-order valence-electron chi connectivity index (χ1n) is 7.25. The SMILES string of the molecule is Cc1ccc(Cl)c([C@H](CCC(F)(F)F)N2CCNCC2)c1F. The predicted molar refractivity (Wildman–Crippen MR) is 78.6 cm³/mol. The van der Waals surface area contributed by atoms with E-state index in [-0.39, 0.29) is 17.0 Å². The summed E-state index contributed by atoms with van der Waals surface area (Å²) in [5, 5.41) is 3.33. The van der Waals surface area contributed by atoms with E-state index >= 15 is 0 Å². The summed E-state index contributed by atoms with van der Waals surface area (Å²) in [7, 11) is 0. The summed E-state index contributed by atoms with van der Waals surface area (Å²) in [5.74, 6) is -0.502. The van der Waals surface area contributed by atoms with Gasteiger partial charge in [0.1, 0.15) is 5.82 Å². The van der Waals surface area contributed by atoms with Crippen LogP contribution in [-0.2, 0) is 0 Å². The minimum absolute atomic E-state index is 0.188. The van der Waals surface area contributed by atoms with Crippen LogP contribution in [-0.4, -0.2) is 37.3 Å². The highest BCUT2D eigenvalue weighted by atomic mass is 35.5. The van der Waals surface area contributed by atoms with Crippen LogP contribution in [0.5, 0.6) is 0 Å². The molecule has 0 aromatic heterocycles. The van der Waals surface area contributed by atoms with Gasteiger partial charge in [0.05, 0.1) is 0 Å². The molecule has 0 spiro atoms. The Morgan fingerprint density at radius 3 is 2.50 bits per heavy atom. The molecule has 2 nitrogen and oxygen atoms in total. The van der Waals surface area contributed by atoms with Crippen LogP contribution in [0.4, 0.5) is 17.6 Å². The van der Waals surface area contributed by atoms with Gasteiger partial charge in [-0.15, -0.1) is 0 Å². The normalized spacial score (nSPS) is 18.5. The minimum atomic E-state index is -4.26. The van der Waals surface area contributed by atoms with Gasteiger partial charge in [-0.2, -0.15) is 13.2 Å². The summed E-state index contributed by atoms with van der Waals surface area (Å²) in [6, 6.07) is 2.44. The van der Waals surface area contributed by atoms with Crippen molar-refractivity contribution in [2.24, 2.45) is 0 Å². The first-order valence-corrected chi connectivity index (χ1v) is 7.63. The summed E-state index contributed by atoms with van der Waals surface area (Å²) in [6.45, 7) is 4.09. The van der Waals surface area contributed by atoms with Gasteiger partial charge in [0.2, 0.25) is 0 Å². The molecule has 1 fully saturated rings. The number of hydrogen-bond acceptors (Lipinski definition) is 2. The lowest BCUT2D eigenvalue weighted by atomic mass is 9.97. The molecule has 1 aromatic rings. The van der Waals surface area contributed by atoms with E-state index < -0.39 is 24.5 Å². The van der Waals surface area contributed by atoms with E-state index in [1.165, 1.54) is 0 Å². The number of hydrogen-bond donors (Lipinski definition) is 1. The molecule has 0 radical (unpaired) electrons. The third kappa shape index (κ3) is 4.33. The smallest absolute Gasteiger partial charge is 0.314 e. The Hall–Kier alpha value is -0.850. The van der Waals surface area contributed by atoms with Gasteiger partial charge in [0.15, 0.2) is 0 Å². The summed E-state index contributed by atoms with van der Waals surface area (Å²) in [6.07, 6.45) is -5.41. The molecule has 1 N–H and O–H groups in total. The predicted octanol–water partition coefficient (Wildman–Crippen LogP) is 4.08. The number of alkyl halides is 3. The van der Waals surface area contributed by atoms with Gasteiger partial charge in [0.25, 0.3) is 0 Å². The summed E-state index contributed by atoms with van der Waals surface area (Å²) in [5.41, 5.74) is 0.583. The highest BCUT2D eigenvalue weighted by molar-refractivity contribution is 6.31. The second-order valence-corrected chi connectivity index (χ2v) is 5.95. The Bertz CT molecular complexity index is 513. The van der Waals surface area contributed by atoms with E-state index in [4.69, 9.17) is 11.6 Å².